The summed E-state index contributed by atoms with van der Waals surface area (Å²) in [6.07, 6.45) is 1.56. The second kappa shape index (κ2) is 12.2. The Balaban J connectivity index is 0.000000212. The number of esters is 1. The van der Waals surface area contributed by atoms with Crippen molar-refractivity contribution >= 4 is 41.0 Å². The summed E-state index contributed by atoms with van der Waals surface area (Å²) >= 11 is 11.9. The molecule has 34 heavy (non-hydrogen) atoms. The molecule has 2 heterocycles. The molecule has 0 spiro atoms. The number of hydrogen-bond acceptors (Lipinski definition) is 4. The molecule has 2 amide bonds. The van der Waals surface area contributed by atoms with Crippen LogP contribution >= 0.6 is 23.2 Å². The molecule has 4 rings (SSSR count). The Kier molecular flexibility index (Phi) is 9.36. The fraction of sp³-hybridized carbons (Fsp3) is 0.423. The lowest BCUT2D eigenvalue weighted by atomic mass is 9.98. The molecule has 0 aromatic heterocycles. The van der Waals surface area contributed by atoms with Crippen LogP contribution in [0.3, 0.4) is 0 Å². The Morgan fingerprint density at radius 3 is 2.15 bits per heavy atom. The summed E-state index contributed by atoms with van der Waals surface area (Å²) in [5.41, 5.74) is 2.18. The van der Waals surface area contributed by atoms with Crippen molar-refractivity contribution in [3.63, 3.8) is 0 Å². The third-order valence-electron chi connectivity index (χ3n) is 6.10. The summed E-state index contributed by atoms with van der Waals surface area (Å²) in [4.78, 5) is 36.8. The van der Waals surface area contributed by atoms with E-state index in [1.54, 1.807) is 11.8 Å². The predicted octanol–water partition coefficient (Wildman–Crippen LogP) is 4.94. The molecule has 0 radical (unpaired) electrons. The van der Waals surface area contributed by atoms with E-state index < -0.39 is 6.04 Å². The van der Waals surface area contributed by atoms with Crippen LogP contribution in [-0.2, 0) is 19.1 Å². The number of hydrogen-bond donors (Lipinski definition) is 1. The smallest absolute Gasteiger partial charge is 0.328 e. The van der Waals surface area contributed by atoms with Gasteiger partial charge in [-0.2, -0.15) is 0 Å². The lowest BCUT2D eigenvalue weighted by Crippen LogP contribution is -2.42. The van der Waals surface area contributed by atoms with E-state index in [1.807, 2.05) is 55.5 Å². The average Bonchev–Trinajstić information content (AvgIpc) is 3.41. The molecule has 0 bridgehead atoms. The van der Waals surface area contributed by atoms with E-state index in [2.05, 4.69) is 5.32 Å². The van der Waals surface area contributed by atoms with Crippen LogP contribution in [-0.4, -0.2) is 48.4 Å². The van der Waals surface area contributed by atoms with Crippen molar-refractivity contribution in [2.24, 2.45) is 0 Å². The van der Waals surface area contributed by atoms with Gasteiger partial charge in [0.05, 0.1) is 6.61 Å². The standard InChI is InChI=1S/C16H20ClNO3.C10H10ClNO/c1-3-14(16(20)21-4-2)18-10-12(9-15(18)19)11-6-5-7-13(17)8-11;11-9-3-1-2-7(4-9)8-5-10(13)12-6-8/h5-8,12,14H,3-4,9-10H2,1-2H3;1-4,8H,5-6H2,(H,12,13). The van der Waals surface area contributed by atoms with Crippen molar-refractivity contribution in [3.05, 3.63) is 69.7 Å². The zero-order valence-electron chi connectivity index (χ0n) is 19.4. The monoisotopic (exact) mass is 504 g/mol. The van der Waals surface area contributed by atoms with Gasteiger partial charge in [0.15, 0.2) is 0 Å². The van der Waals surface area contributed by atoms with Crippen molar-refractivity contribution in [1.29, 1.82) is 0 Å². The maximum Gasteiger partial charge on any atom is 0.328 e. The number of carbonyl (C=O) groups excluding carboxylic acids is 3. The number of halogens is 2. The zero-order chi connectivity index (χ0) is 24.7. The van der Waals surface area contributed by atoms with Gasteiger partial charge in [0.25, 0.3) is 0 Å². The molecular weight excluding hydrogens is 475 g/mol. The second-order valence-electron chi connectivity index (χ2n) is 8.44. The van der Waals surface area contributed by atoms with Gasteiger partial charge in [-0.1, -0.05) is 54.4 Å². The molecule has 2 aliphatic rings. The number of benzene rings is 2. The first-order valence-electron chi connectivity index (χ1n) is 11.6. The third-order valence-corrected chi connectivity index (χ3v) is 6.57. The predicted molar refractivity (Wildman–Crippen MR) is 133 cm³/mol. The SMILES string of the molecule is CCOC(=O)C(CC)N1CC(c2cccc(Cl)c2)CC1=O.O=C1CC(c2cccc(Cl)c2)CN1. The van der Waals surface area contributed by atoms with Crippen LogP contribution in [0, 0.1) is 0 Å². The number of nitrogens with one attached hydrogen (secondary N) is 1. The fourth-order valence-corrected chi connectivity index (χ4v) is 4.77. The van der Waals surface area contributed by atoms with Crippen LogP contribution in [0.4, 0.5) is 0 Å². The van der Waals surface area contributed by atoms with Crippen molar-refractivity contribution in [1.82, 2.24) is 10.2 Å². The van der Waals surface area contributed by atoms with Gasteiger partial charge in [-0.05, 0) is 48.7 Å². The number of ether oxygens (including phenoxy) is 1. The zero-order valence-corrected chi connectivity index (χ0v) is 20.9. The highest BCUT2D eigenvalue weighted by atomic mass is 35.5. The van der Waals surface area contributed by atoms with Crippen LogP contribution in [0.2, 0.25) is 10.0 Å². The summed E-state index contributed by atoms with van der Waals surface area (Å²) in [6, 6.07) is 14.8. The fourth-order valence-electron chi connectivity index (χ4n) is 4.37. The Hall–Kier alpha value is -2.57. The average molecular weight is 505 g/mol. The lowest BCUT2D eigenvalue weighted by Gasteiger charge is -2.25. The Labute approximate surface area is 210 Å². The number of rotatable bonds is 6. The molecular formula is C26H30Cl2N2O4. The Morgan fingerprint density at radius 1 is 1.03 bits per heavy atom. The molecule has 2 fully saturated rings. The van der Waals surface area contributed by atoms with E-state index >= 15 is 0 Å². The van der Waals surface area contributed by atoms with Crippen LogP contribution in [0.5, 0.6) is 0 Å². The van der Waals surface area contributed by atoms with E-state index in [4.69, 9.17) is 27.9 Å². The minimum absolute atomic E-state index is 0.000112. The van der Waals surface area contributed by atoms with Crippen molar-refractivity contribution in [2.75, 3.05) is 19.7 Å². The van der Waals surface area contributed by atoms with Crippen LogP contribution in [0.25, 0.3) is 0 Å². The first-order valence-corrected chi connectivity index (χ1v) is 12.3. The summed E-state index contributed by atoms with van der Waals surface area (Å²) in [5.74, 6) is 0.191. The molecule has 182 valence electrons. The first-order chi connectivity index (χ1) is 16.3. The summed E-state index contributed by atoms with van der Waals surface area (Å²) in [6.45, 7) is 5.26. The van der Waals surface area contributed by atoms with Gasteiger partial charge in [-0.15, -0.1) is 0 Å². The number of nitrogens with zero attached hydrogens (tertiary/aromatic N) is 1. The molecule has 3 atom stereocenters. The molecule has 2 saturated heterocycles. The molecule has 6 nitrogen and oxygen atoms in total. The Morgan fingerprint density at radius 2 is 1.65 bits per heavy atom. The molecule has 2 aliphatic heterocycles. The quantitative estimate of drug-likeness (QED) is 0.565. The van der Waals surface area contributed by atoms with Gasteiger partial charge >= 0.3 is 5.97 Å². The molecule has 2 aromatic rings. The Bertz CT molecular complexity index is 1030. The molecule has 1 N–H and O–H groups in total. The highest BCUT2D eigenvalue weighted by Gasteiger charge is 2.38. The minimum Gasteiger partial charge on any atom is -0.464 e. The third kappa shape index (κ3) is 6.73. The lowest BCUT2D eigenvalue weighted by molar-refractivity contribution is -0.153. The first kappa shape index (κ1) is 26.0. The normalized spacial score (nSPS) is 20.4. The van der Waals surface area contributed by atoms with Crippen LogP contribution < -0.4 is 5.32 Å². The summed E-state index contributed by atoms with van der Waals surface area (Å²) in [7, 11) is 0. The number of likely N-dealkylation sites (tertiary alicyclic amines) is 1. The second-order valence-corrected chi connectivity index (χ2v) is 9.31. The van der Waals surface area contributed by atoms with Crippen LogP contribution in [0.15, 0.2) is 48.5 Å². The molecule has 3 unspecified atom stereocenters. The maximum atomic E-state index is 12.2. The van der Waals surface area contributed by atoms with Gasteiger partial charge in [0, 0.05) is 47.8 Å². The highest BCUT2D eigenvalue weighted by Crippen LogP contribution is 2.31. The number of carbonyl (C=O) groups is 3. The van der Waals surface area contributed by atoms with E-state index in [9.17, 15) is 14.4 Å². The van der Waals surface area contributed by atoms with Crippen molar-refractivity contribution < 1.29 is 19.1 Å². The highest BCUT2D eigenvalue weighted by molar-refractivity contribution is 6.30. The molecule has 2 aromatic carbocycles. The van der Waals surface area contributed by atoms with Gasteiger partial charge in [0.1, 0.15) is 6.04 Å². The van der Waals surface area contributed by atoms with Gasteiger partial charge < -0.3 is 15.0 Å². The molecule has 0 saturated carbocycles. The van der Waals surface area contributed by atoms with Crippen molar-refractivity contribution in [2.45, 2.75) is 51.0 Å². The maximum absolute atomic E-state index is 12.2. The van der Waals surface area contributed by atoms with Gasteiger partial charge in [-0.3, -0.25) is 9.59 Å². The van der Waals surface area contributed by atoms with Gasteiger partial charge in [-0.25, -0.2) is 4.79 Å². The van der Waals surface area contributed by atoms with E-state index in [0.717, 1.165) is 22.7 Å². The molecule has 0 aliphatic carbocycles. The van der Waals surface area contributed by atoms with E-state index in [-0.39, 0.29) is 23.7 Å². The molecule has 8 heteroatoms. The largest absolute Gasteiger partial charge is 0.464 e. The number of amides is 2. The van der Waals surface area contributed by atoms with E-state index in [1.165, 1.54) is 0 Å². The minimum atomic E-state index is -0.485. The van der Waals surface area contributed by atoms with Crippen molar-refractivity contribution in [3.8, 4) is 0 Å². The van der Waals surface area contributed by atoms with Crippen LogP contribution in [0.1, 0.15) is 56.1 Å². The summed E-state index contributed by atoms with van der Waals surface area (Å²) in [5, 5.41) is 4.20. The summed E-state index contributed by atoms with van der Waals surface area (Å²) < 4.78 is 5.06. The topological polar surface area (TPSA) is 75.7 Å². The van der Waals surface area contributed by atoms with Gasteiger partial charge in [0.2, 0.25) is 11.8 Å². The van der Waals surface area contributed by atoms with E-state index in [0.29, 0.717) is 43.4 Å².